The lowest BCUT2D eigenvalue weighted by Gasteiger charge is -2.04. The molecule has 0 bridgehead atoms. The van der Waals surface area contributed by atoms with Gasteiger partial charge in [-0.3, -0.25) is 0 Å². The quantitative estimate of drug-likeness (QED) is 0.784. The highest BCUT2D eigenvalue weighted by Crippen LogP contribution is 2.30. The molecule has 21 heavy (non-hydrogen) atoms. The van der Waals surface area contributed by atoms with Gasteiger partial charge in [-0.1, -0.05) is 54.1 Å². The van der Waals surface area contributed by atoms with Crippen molar-refractivity contribution >= 4 is 11.3 Å². The molecule has 1 heterocycles. The van der Waals surface area contributed by atoms with Crippen LogP contribution in [0.25, 0.3) is 11.3 Å². The van der Waals surface area contributed by atoms with Crippen LogP contribution >= 0.6 is 11.3 Å². The molecule has 106 valence electrons. The molecular formula is C18H18N2S. The number of hydrogen-bond acceptors (Lipinski definition) is 3. The first-order chi connectivity index (χ1) is 10.3. The average molecular weight is 294 g/mol. The van der Waals surface area contributed by atoms with Gasteiger partial charge in [-0.05, 0) is 18.6 Å². The van der Waals surface area contributed by atoms with Crippen LogP contribution in [-0.4, -0.2) is 4.98 Å². The number of nitrogens with zero attached hydrogens (tertiary/aromatic N) is 1. The van der Waals surface area contributed by atoms with E-state index < -0.39 is 0 Å². The van der Waals surface area contributed by atoms with Gasteiger partial charge in [0.25, 0.3) is 0 Å². The molecular weight excluding hydrogens is 276 g/mol. The van der Waals surface area contributed by atoms with E-state index in [1.165, 1.54) is 21.6 Å². The molecule has 0 saturated carbocycles. The lowest BCUT2D eigenvalue weighted by Crippen LogP contribution is -1.94. The van der Waals surface area contributed by atoms with Crippen molar-refractivity contribution in [3.8, 4) is 11.3 Å². The Labute approximate surface area is 129 Å². The van der Waals surface area contributed by atoms with Crippen molar-refractivity contribution in [1.29, 1.82) is 0 Å². The topological polar surface area (TPSA) is 38.9 Å². The number of hydrogen-bond donors (Lipinski definition) is 1. The summed E-state index contributed by atoms with van der Waals surface area (Å²) in [4.78, 5) is 6.01. The highest BCUT2D eigenvalue weighted by Gasteiger charge is 2.13. The van der Waals surface area contributed by atoms with E-state index >= 15 is 0 Å². The largest absolute Gasteiger partial charge is 0.325 e. The Hall–Kier alpha value is -1.97. The Morgan fingerprint density at radius 3 is 2.57 bits per heavy atom. The van der Waals surface area contributed by atoms with Crippen LogP contribution in [0.1, 0.15) is 21.0 Å². The third kappa shape index (κ3) is 3.20. The predicted molar refractivity (Wildman–Crippen MR) is 89.4 cm³/mol. The first-order valence-corrected chi connectivity index (χ1v) is 7.87. The van der Waals surface area contributed by atoms with Crippen LogP contribution < -0.4 is 5.73 Å². The fraction of sp³-hybridized carbons (Fsp3) is 0.167. The molecule has 0 aliphatic heterocycles. The normalized spacial score (nSPS) is 10.8. The molecule has 2 aromatic carbocycles. The number of rotatable bonds is 4. The second kappa shape index (κ2) is 6.20. The maximum absolute atomic E-state index is 5.78. The molecule has 3 aromatic rings. The summed E-state index contributed by atoms with van der Waals surface area (Å²) < 4.78 is 0. The van der Waals surface area contributed by atoms with E-state index in [0.717, 1.165) is 17.1 Å². The van der Waals surface area contributed by atoms with Crippen LogP contribution in [0.4, 0.5) is 0 Å². The molecule has 2 nitrogen and oxygen atoms in total. The Morgan fingerprint density at radius 1 is 1.05 bits per heavy atom. The fourth-order valence-corrected chi connectivity index (χ4v) is 3.41. The van der Waals surface area contributed by atoms with Crippen molar-refractivity contribution in [2.45, 2.75) is 19.9 Å². The van der Waals surface area contributed by atoms with Crippen LogP contribution in [0.3, 0.4) is 0 Å². The zero-order chi connectivity index (χ0) is 14.7. The van der Waals surface area contributed by atoms with Gasteiger partial charge in [0.05, 0.1) is 5.69 Å². The standard InChI is InChI=1S/C18H18N2S/c1-13-6-5-9-15(10-13)18-16(21-17(12-19)20-18)11-14-7-3-2-4-8-14/h2-10H,11-12,19H2,1H3. The molecule has 3 heteroatoms. The molecule has 0 aliphatic rings. The Balaban J connectivity index is 2.02. The summed E-state index contributed by atoms with van der Waals surface area (Å²) in [6.07, 6.45) is 0.905. The summed E-state index contributed by atoms with van der Waals surface area (Å²) >= 11 is 1.72. The van der Waals surface area contributed by atoms with E-state index in [2.05, 4.69) is 55.5 Å². The van der Waals surface area contributed by atoms with Crippen LogP contribution in [0.15, 0.2) is 54.6 Å². The van der Waals surface area contributed by atoms with Gasteiger partial charge in [0.15, 0.2) is 0 Å². The van der Waals surface area contributed by atoms with Gasteiger partial charge in [-0.15, -0.1) is 11.3 Å². The molecule has 0 unspecified atom stereocenters. The molecule has 0 radical (unpaired) electrons. The van der Waals surface area contributed by atoms with E-state index in [4.69, 9.17) is 10.7 Å². The summed E-state index contributed by atoms with van der Waals surface area (Å²) in [6, 6.07) is 19.0. The zero-order valence-corrected chi connectivity index (χ0v) is 12.9. The summed E-state index contributed by atoms with van der Waals surface area (Å²) in [5.41, 5.74) is 10.6. The molecule has 3 rings (SSSR count). The van der Waals surface area contributed by atoms with Crippen LogP contribution in [0.2, 0.25) is 0 Å². The Bertz CT molecular complexity index is 732. The van der Waals surface area contributed by atoms with E-state index in [9.17, 15) is 0 Å². The molecule has 0 aliphatic carbocycles. The van der Waals surface area contributed by atoms with Gasteiger partial charge in [0.2, 0.25) is 0 Å². The van der Waals surface area contributed by atoms with Crippen molar-refractivity contribution in [2.24, 2.45) is 5.73 Å². The minimum absolute atomic E-state index is 0.498. The van der Waals surface area contributed by atoms with Crippen molar-refractivity contribution in [3.63, 3.8) is 0 Å². The molecule has 0 fully saturated rings. The highest BCUT2D eigenvalue weighted by atomic mass is 32.1. The summed E-state index contributed by atoms with van der Waals surface area (Å²) in [5.74, 6) is 0. The predicted octanol–water partition coefficient (Wildman–Crippen LogP) is 4.17. The van der Waals surface area contributed by atoms with Crippen molar-refractivity contribution in [1.82, 2.24) is 4.98 Å². The first-order valence-electron chi connectivity index (χ1n) is 7.06. The van der Waals surface area contributed by atoms with Crippen LogP contribution in [-0.2, 0) is 13.0 Å². The van der Waals surface area contributed by atoms with Crippen molar-refractivity contribution < 1.29 is 0 Å². The maximum Gasteiger partial charge on any atom is 0.107 e. The molecule has 0 spiro atoms. The smallest absolute Gasteiger partial charge is 0.107 e. The number of thiazole rings is 1. The Morgan fingerprint density at radius 2 is 1.86 bits per heavy atom. The molecule has 0 saturated heterocycles. The summed E-state index contributed by atoms with van der Waals surface area (Å²) in [6.45, 7) is 2.61. The minimum Gasteiger partial charge on any atom is -0.325 e. The van der Waals surface area contributed by atoms with E-state index in [0.29, 0.717) is 6.54 Å². The monoisotopic (exact) mass is 294 g/mol. The number of aryl methyl sites for hydroxylation is 1. The van der Waals surface area contributed by atoms with Crippen LogP contribution in [0.5, 0.6) is 0 Å². The SMILES string of the molecule is Cc1cccc(-c2nc(CN)sc2Cc2ccccc2)c1. The van der Waals surface area contributed by atoms with Gasteiger partial charge in [0, 0.05) is 23.4 Å². The number of benzene rings is 2. The third-order valence-corrected chi connectivity index (χ3v) is 4.49. The molecule has 1 aromatic heterocycles. The Kier molecular flexibility index (Phi) is 4.13. The van der Waals surface area contributed by atoms with Crippen LogP contribution in [0, 0.1) is 6.92 Å². The van der Waals surface area contributed by atoms with E-state index in [1.807, 2.05) is 6.07 Å². The van der Waals surface area contributed by atoms with Gasteiger partial charge in [0.1, 0.15) is 5.01 Å². The highest BCUT2D eigenvalue weighted by molar-refractivity contribution is 7.12. The average Bonchev–Trinajstić information content (AvgIpc) is 2.91. The molecule has 0 atom stereocenters. The van der Waals surface area contributed by atoms with Crippen molar-refractivity contribution in [3.05, 3.63) is 75.6 Å². The minimum atomic E-state index is 0.498. The zero-order valence-electron chi connectivity index (χ0n) is 12.0. The lowest BCUT2D eigenvalue weighted by molar-refractivity contribution is 1.04. The van der Waals surface area contributed by atoms with E-state index in [1.54, 1.807) is 11.3 Å². The second-order valence-corrected chi connectivity index (χ2v) is 6.28. The maximum atomic E-state index is 5.78. The van der Waals surface area contributed by atoms with Gasteiger partial charge < -0.3 is 5.73 Å². The van der Waals surface area contributed by atoms with E-state index in [-0.39, 0.29) is 0 Å². The second-order valence-electron chi connectivity index (χ2n) is 5.12. The fourth-order valence-electron chi connectivity index (χ4n) is 2.41. The first kappa shape index (κ1) is 14.0. The number of nitrogens with two attached hydrogens (primary N) is 1. The van der Waals surface area contributed by atoms with Gasteiger partial charge in [-0.25, -0.2) is 4.98 Å². The molecule has 2 N–H and O–H groups in total. The third-order valence-electron chi connectivity index (χ3n) is 3.42. The van der Waals surface area contributed by atoms with Gasteiger partial charge >= 0.3 is 0 Å². The summed E-state index contributed by atoms with van der Waals surface area (Å²) in [7, 11) is 0. The number of aromatic nitrogens is 1. The molecule has 0 amide bonds. The van der Waals surface area contributed by atoms with Crippen molar-refractivity contribution in [2.75, 3.05) is 0 Å². The van der Waals surface area contributed by atoms with Gasteiger partial charge in [-0.2, -0.15) is 0 Å². The lowest BCUT2D eigenvalue weighted by atomic mass is 10.0. The summed E-state index contributed by atoms with van der Waals surface area (Å²) in [5, 5.41) is 0.998.